The lowest BCUT2D eigenvalue weighted by Crippen LogP contribution is -2.35. The van der Waals surface area contributed by atoms with Gasteiger partial charge < -0.3 is 16.0 Å². The topological polar surface area (TPSA) is 78.9 Å². The van der Waals surface area contributed by atoms with Crippen LogP contribution in [0.4, 0.5) is 11.8 Å². The highest BCUT2D eigenvalue weighted by Crippen LogP contribution is 2.26. The highest BCUT2D eigenvalue weighted by atomic mass is 32.1. The highest BCUT2D eigenvalue weighted by molar-refractivity contribution is 7.16. The van der Waals surface area contributed by atoms with E-state index in [1.807, 2.05) is 25.3 Å². The molecule has 0 aliphatic carbocycles. The van der Waals surface area contributed by atoms with E-state index in [1.54, 1.807) is 11.3 Å². The normalized spacial score (nSPS) is 10.9. The van der Waals surface area contributed by atoms with Crippen LogP contribution in [0.1, 0.15) is 27.2 Å². The van der Waals surface area contributed by atoms with Crippen LogP contribution in [0.25, 0.3) is 10.2 Å². The van der Waals surface area contributed by atoms with Gasteiger partial charge in [-0.2, -0.15) is 4.98 Å². The van der Waals surface area contributed by atoms with E-state index >= 15 is 0 Å². The molecule has 0 radical (unpaired) electrons. The molecular weight excluding hydrogens is 286 g/mol. The van der Waals surface area contributed by atoms with Gasteiger partial charge in [0.1, 0.15) is 10.6 Å². The monoisotopic (exact) mass is 307 g/mol. The summed E-state index contributed by atoms with van der Waals surface area (Å²) in [6.45, 7) is 6.99. The molecule has 0 saturated heterocycles. The third kappa shape index (κ3) is 4.29. The molecule has 0 bridgehead atoms. The van der Waals surface area contributed by atoms with Crippen molar-refractivity contribution in [2.75, 3.05) is 23.7 Å². The number of anilines is 2. The van der Waals surface area contributed by atoms with Gasteiger partial charge in [-0.05, 0) is 31.7 Å². The Morgan fingerprint density at radius 2 is 2.14 bits per heavy atom. The second-order valence-corrected chi connectivity index (χ2v) is 5.93. The van der Waals surface area contributed by atoms with Gasteiger partial charge in [0.2, 0.25) is 11.9 Å². The van der Waals surface area contributed by atoms with Crippen LogP contribution >= 0.6 is 11.3 Å². The van der Waals surface area contributed by atoms with Crippen LogP contribution < -0.4 is 16.0 Å². The van der Waals surface area contributed by atoms with Crippen molar-refractivity contribution in [2.45, 2.75) is 33.2 Å². The second kappa shape index (κ2) is 7.21. The van der Waals surface area contributed by atoms with Crippen molar-refractivity contribution < 1.29 is 4.79 Å². The zero-order valence-corrected chi connectivity index (χ0v) is 13.4. The maximum absolute atomic E-state index is 11.7. The lowest BCUT2D eigenvalue weighted by Gasteiger charge is -2.11. The van der Waals surface area contributed by atoms with Gasteiger partial charge in [0, 0.05) is 12.6 Å². The van der Waals surface area contributed by atoms with E-state index in [1.165, 1.54) is 0 Å². The smallest absolute Gasteiger partial charge is 0.239 e. The van der Waals surface area contributed by atoms with Gasteiger partial charge in [0.25, 0.3) is 0 Å². The molecule has 2 heterocycles. The summed E-state index contributed by atoms with van der Waals surface area (Å²) >= 11 is 1.56. The second-order valence-electron chi connectivity index (χ2n) is 5.04. The summed E-state index contributed by atoms with van der Waals surface area (Å²) in [6, 6.07) is 2.10. The van der Waals surface area contributed by atoms with Crippen LogP contribution in [-0.2, 0) is 4.79 Å². The number of amides is 1. The van der Waals surface area contributed by atoms with Gasteiger partial charge in [-0.15, -0.1) is 11.3 Å². The number of nitrogens with one attached hydrogen (secondary N) is 3. The van der Waals surface area contributed by atoms with Crippen molar-refractivity contribution in [2.24, 2.45) is 0 Å². The summed E-state index contributed by atoms with van der Waals surface area (Å²) in [5.41, 5.74) is 0. The molecule has 2 aromatic rings. The van der Waals surface area contributed by atoms with Crippen LogP contribution in [0.2, 0.25) is 0 Å². The Morgan fingerprint density at radius 3 is 2.86 bits per heavy atom. The molecule has 2 rings (SSSR count). The Bertz CT molecular complexity index is 610. The quantitative estimate of drug-likeness (QED) is 0.732. The first-order valence-corrected chi connectivity index (χ1v) is 8.00. The van der Waals surface area contributed by atoms with E-state index in [4.69, 9.17) is 0 Å². The number of thiophene rings is 1. The van der Waals surface area contributed by atoms with E-state index in [0.717, 1.165) is 23.2 Å². The van der Waals surface area contributed by atoms with Crippen LogP contribution in [0.3, 0.4) is 0 Å². The van der Waals surface area contributed by atoms with Gasteiger partial charge >= 0.3 is 0 Å². The Balaban J connectivity index is 2.13. The molecule has 0 fully saturated rings. The minimum Gasteiger partial charge on any atom is -0.360 e. The predicted molar refractivity (Wildman–Crippen MR) is 88.0 cm³/mol. The largest absolute Gasteiger partial charge is 0.360 e. The molecule has 6 nitrogen and oxygen atoms in total. The minimum absolute atomic E-state index is 0.0462. The molecule has 0 aliphatic rings. The van der Waals surface area contributed by atoms with E-state index < -0.39 is 0 Å². The number of hydrogen-bond acceptors (Lipinski definition) is 6. The highest BCUT2D eigenvalue weighted by Gasteiger charge is 2.10. The molecule has 3 N–H and O–H groups in total. The fraction of sp³-hybridized carbons (Fsp3) is 0.500. The number of rotatable bonds is 7. The summed E-state index contributed by atoms with van der Waals surface area (Å²) in [6.07, 6.45) is 1.01. The first kappa shape index (κ1) is 15.5. The SMILES string of the molecule is CCCNc1nc(NCC(=O)NC(C)C)c2ccsc2n1. The average Bonchev–Trinajstić information content (AvgIpc) is 2.90. The maximum atomic E-state index is 11.7. The fourth-order valence-electron chi connectivity index (χ4n) is 1.84. The summed E-state index contributed by atoms with van der Waals surface area (Å²) < 4.78 is 0. The third-order valence-corrected chi connectivity index (χ3v) is 3.53. The molecule has 7 heteroatoms. The molecule has 21 heavy (non-hydrogen) atoms. The molecular formula is C14H21N5OS. The van der Waals surface area contributed by atoms with Crippen LogP contribution in [0, 0.1) is 0 Å². The molecule has 2 aromatic heterocycles. The molecule has 0 unspecified atom stereocenters. The number of aromatic nitrogens is 2. The summed E-state index contributed by atoms with van der Waals surface area (Å²) in [7, 11) is 0. The van der Waals surface area contributed by atoms with Gasteiger partial charge in [-0.1, -0.05) is 6.92 Å². The van der Waals surface area contributed by atoms with E-state index in [9.17, 15) is 4.79 Å². The molecule has 0 spiro atoms. The minimum atomic E-state index is -0.0462. The molecule has 114 valence electrons. The molecule has 1 amide bonds. The number of nitrogens with zero attached hydrogens (tertiary/aromatic N) is 2. The van der Waals surface area contributed by atoms with Crippen molar-refractivity contribution in [3.8, 4) is 0 Å². The Labute approximate surface area is 128 Å². The first-order chi connectivity index (χ1) is 10.1. The van der Waals surface area contributed by atoms with E-state index in [-0.39, 0.29) is 18.5 Å². The van der Waals surface area contributed by atoms with E-state index in [2.05, 4.69) is 32.8 Å². The zero-order valence-electron chi connectivity index (χ0n) is 12.6. The van der Waals surface area contributed by atoms with Crippen molar-refractivity contribution >= 4 is 39.2 Å². The van der Waals surface area contributed by atoms with Gasteiger partial charge in [-0.3, -0.25) is 4.79 Å². The van der Waals surface area contributed by atoms with Crippen molar-refractivity contribution in [1.82, 2.24) is 15.3 Å². The first-order valence-electron chi connectivity index (χ1n) is 7.12. The predicted octanol–water partition coefficient (Wildman–Crippen LogP) is 2.45. The molecule has 0 aliphatic heterocycles. The summed E-state index contributed by atoms with van der Waals surface area (Å²) in [4.78, 5) is 21.6. The van der Waals surface area contributed by atoms with Gasteiger partial charge in [0.15, 0.2) is 0 Å². The maximum Gasteiger partial charge on any atom is 0.239 e. The average molecular weight is 307 g/mol. The number of fused-ring (bicyclic) bond motifs is 1. The number of carbonyl (C=O) groups is 1. The Hall–Kier alpha value is -1.89. The van der Waals surface area contributed by atoms with Crippen LogP contribution in [0.15, 0.2) is 11.4 Å². The lowest BCUT2D eigenvalue weighted by molar-refractivity contribution is -0.119. The lowest BCUT2D eigenvalue weighted by atomic mass is 10.3. The Morgan fingerprint density at radius 1 is 1.33 bits per heavy atom. The number of hydrogen-bond donors (Lipinski definition) is 3. The van der Waals surface area contributed by atoms with Gasteiger partial charge in [0.05, 0.1) is 11.9 Å². The van der Waals surface area contributed by atoms with Crippen molar-refractivity contribution in [3.63, 3.8) is 0 Å². The summed E-state index contributed by atoms with van der Waals surface area (Å²) in [5.74, 6) is 1.24. The number of carbonyl (C=O) groups excluding carboxylic acids is 1. The van der Waals surface area contributed by atoms with Crippen molar-refractivity contribution in [3.05, 3.63) is 11.4 Å². The Kier molecular flexibility index (Phi) is 5.32. The van der Waals surface area contributed by atoms with Crippen molar-refractivity contribution in [1.29, 1.82) is 0 Å². The standard InChI is InChI=1S/C14H21N5OS/c1-4-6-15-14-18-12(10-5-7-21-13(10)19-14)16-8-11(20)17-9(2)3/h5,7,9H,4,6,8H2,1-3H3,(H,17,20)(H2,15,16,18,19). The van der Waals surface area contributed by atoms with Crippen LogP contribution in [-0.4, -0.2) is 35.0 Å². The molecule has 0 saturated carbocycles. The van der Waals surface area contributed by atoms with Gasteiger partial charge in [-0.25, -0.2) is 4.98 Å². The summed E-state index contributed by atoms with van der Waals surface area (Å²) in [5, 5.41) is 12.0. The molecule has 0 aromatic carbocycles. The molecule has 0 atom stereocenters. The fourth-order valence-corrected chi connectivity index (χ4v) is 2.61. The van der Waals surface area contributed by atoms with Crippen LogP contribution in [0.5, 0.6) is 0 Å². The zero-order chi connectivity index (χ0) is 15.2. The third-order valence-electron chi connectivity index (χ3n) is 2.72. The van der Waals surface area contributed by atoms with E-state index in [0.29, 0.717) is 11.8 Å².